The van der Waals surface area contributed by atoms with E-state index in [1.165, 1.54) is 9.78 Å². The van der Waals surface area contributed by atoms with Gasteiger partial charge in [-0.2, -0.15) is 0 Å². The Kier molecular flexibility index (Phi) is 18.0. The molecule has 5 heterocycles. The highest BCUT2D eigenvalue weighted by Crippen LogP contribution is 2.40. The molecule has 2 aliphatic rings. The lowest BCUT2D eigenvalue weighted by molar-refractivity contribution is -0.144. The summed E-state index contributed by atoms with van der Waals surface area (Å²) in [6, 6.07) is 20.2. The van der Waals surface area contributed by atoms with Crippen molar-refractivity contribution >= 4 is 69.3 Å². The fourth-order valence-electron chi connectivity index (χ4n) is 9.02. The Balaban J connectivity index is 0.723. The number of thiophene rings is 1. The van der Waals surface area contributed by atoms with E-state index >= 15 is 0 Å². The second kappa shape index (κ2) is 24.5. The van der Waals surface area contributed by atoms with Crippen LogP contribution in [-0.4, -0.2) is 117 Å². The number of aliphatic hydroxyl groups is 1. The van der Waals surface area contributed by atoms with E-state index in [9.17, 15) is 24.3 Å². The molecule has 4 N–H and O–H groups in total. The third-order valence-electron chi connectivity index (χ3n) is 13.1. The molecule has 0 aliphatic carbocycles. The molecule has 1 unspecified atom stereocenters. The van der Waals surface area contributed by atoms with Gasteiger partial charge in [-0.3, -0.25) is 28.7 Å². The lowest BCUT2D eigenvalue weighted by atomic mass is 9.85. The Bertz CT molecular complexity index is 3000. The first-order valence-electron chi connectivity index (χ1n) is 25.0. The van der Waals surface area contributed by atoms with Gasteiger partial charge in [0.25, 0.3) is 0 Å². The molecule has 4 atom stereocenters. The van der Waals surface area contributed by atoms with Crippen LogP contribution in [0.1, 0.15) is 97.0 Å². The molecule has 0 bridgehead atoms. The zero-order valence-electron chi connectivity index (χ0n) is 43.3. The highest BCUT2D eigenvalue weighted by Gasteiger charge is 2.44. The molecule has 6 aromatic rings. The van der Waals surface area contributed by atoms with E-state index in [1.54, 1.807) is 46.9 Å². The number of fused-ring (bicyclic) bond motifs is 3. The number of aliphatic hydroxyl groups excluding tert-OH is 1. The summed E-state index contributed by atoms with van der Waals surface area (Å²) < 4.78 is 19.3. The van der Waals surface area contributed by atoms with Gasteiger partial charge < -0.3 is 40.2 Å². The average Bonchev–Trinajstić information content (AvgIpc) is 4.16. The Morgan fingerprint density at radius 1 is 0.867 bits per heavy atom. The van der Waals surface area contributed by atoms with E-state index in [0.717, 1.165) is 54.9 Å². The average molecular weight is 1080 g/mol. The van der Waals surface area contributed by atoms with Crippen LogP contribution >= 0.6 is 34.3 Å². The fraction of sp³-hybridized carbons (Fsp3) is 0.418. The minimum atomic E-state index is -0.963. The number of nitrogens with zero attached hydrogens (tertiary/aromatic N) is 6. The van der Waals surface area contributed by atoms with Crippen LogP contribution in [0.4, 0.5) is 5.69 Å². The number of rotatable bonds is 21. The molecule has 3 aromatic heterocycles. The summed E-state index contributed by atoms with van der Waals surface area (Å²) in [6.07, 6.45) is 0.453. The maximum absolute atomic E-state index is 14.0. The van der Waals surface area contributed by atoms with Crippen molar-refractivity contribution in [3.63, 3.8) is 0 Å². The van der Waals surface area contributed by atoms with Gasteiger partial charge in [0.1, 0.15) is 41.3 Å². The van der Waals surface area contributed by atoms with Gasteiger partial charge in [-0.1, -0.05) is 68.8 Å². The number of halogens is 1. The Morgan fingerprint density at radius 3 is 2.25 bits per heavy atom. The van der Waals surface area contributed by atoms with E-state index in [-0.39, 0.29) is 51.0 Å². The van der Waals surface area contributed by atoms with E-state index in [2.05, 4.69) is 45.0 Å². The molecule has 396 valence electrons. The Labute approximate surface area is 450 Å². The van der Waals surface area contributed by atoms with Gasteiger partial charge in [0, 0.05) is 72.5 Å². The second-order valence-corrected chi connectivity index (χ2v) is 22.3. The van der Waals surface area contributed by atoms with Crippen molar-refractivity contribution in [3.05, 3.63) is 128 Å². The monoisotopic (exact) mass is 1080 g/mol. The largest absolute Gasteiger partial charge is 0.494 e. The van der Waals surface area contributed by atoms with Crippen LogP contribution in [0.25, 0.3) is 15.4 Å². The van der Waals surface area contributed by atoms with Crippen molar-refractivity contribution in [2.45, 2.75) is 105 Å². The number of anilines is 1. The number of amides is 4. The minimum Gasteiger partial charge on any atom is -0.494 e. The second-order valence-electron chi connectivity index (χ2n) is 19.8. The first kappa shape index (κ1) is 54.9. The third-order valence-corrected chi connectivity index (χ3v) is 15.5. The first-order chi connectivity index (χ1) is 35.9. The highest BCUT2D eigenvalue weighted by atomic mass is 35.5. The number of β-amino-alcohol motifs (C(OH)–C–C–N with tert-alkyl or cyclic N) is 1. The molecule has 8 rings (SSSR count). The van der Waals surface area contributed by atoms with Gasteiger partial charge in [0.2, 0.25) is 23.6 Å². The van der Waals surface area contributed by atoms with Crippen molar-refractivity contribution in [1.29, 1.82) is 0 Å². The summed E-state index contributed by atoms with van der Waals surface area (Å²) in [5.74, 6) is 0.474. The first-order valence-corrected chi connectivity index (χ1v) is 27.1. The van der Waals surface area contributed by atoms with Crippen molar-refractivity contribution in [3.8, 4) is 21.2 Å². The van der Waals surface area contributed by atoms with Crippen LogP contribution in [0.3, 0.4) is 0 Å². The molecule has 2 aliphatic heterocycles. The van der Waals surface area contributed by atoms with E-state index in [1.807, 2.05) is 93.2 Å². The van der Waals surface area contributed by atoms with Crippen molar-refractivity contribution in [2.24, 2.45) is 10.4 Å². The number of thiazole rings is 1. The molecule has 17 nitrogen and oxygen atoms in total. The van der Waals surface area contributed by atoms with E-state index in [4.69, 9.17) is 30.8 Å². The zero-order valence-corrected chi connectivity index (χ0v) is 45.7. The van der Waals surface area contributed by atoms with Crippen LogP contribution in [-0.2, 0) is 35.2 Å². The number of ether oxygens (including phenoxy) is 3. The number of aryl methyl sites for hydroxylation is 3. The number of nitrogens with one attached hydrogen (secondary N) is 3. The molecule has 1 saturated heterocycles. The number of carbonyl (C=O) groups is 4. The summed E-state index contributed by atoms with van der Waals surface area (Å²) in [4.78, 5) is 67.2. The molecule has 3 aromatic carbocycles. The number of hydrogen-bond acceptors (Lipinski definition) is 14. The van der Waals surface area contributed by atoms with Crippen LogP contribution in [0.2, 0.25) is 5.02 Å². The molecule has 1 fully saturated rings. The SMILES string of the molecule is Cc1ncsc1-c1ccc(CNC(=O)[C@@H]2C[C@H](O)CN2C(=O)C(NC(=O)COCCCOCCCOc2ccc(NC(=O)C[C@@H]3N=C(c4ccc(Cl)cc4)c4c(sc(C)c4C)-n4c(C)nnc43)cc2)C(C)(C)C)cc1. The van der Waals surface area contributed by atoms with Crippen LogP contribution < -0.4 is 20.7 Å². The number of aliphatic imine (C=N–C) groups is 1. The fourth-order valence-corrected chi connectivity index (χ4v) is 11.2. The minimum absolute atomic E-state index is 0.0177. The molecule has 20 heteroatoms. The molecule has 4 amide bonds. The summed E-state index contributed by atoms with van der Waals surface area (Å²) in [5, 5.41) is 29.8. The van der Waals surface area contributed by atoms with Gasteiger partial charge >= 0.3 is 0 Å². The lowest BCUT2D eigenvalue weighted by Gasteiger charge is -2.35. The smallest absolute Gasteiger partial charge is 0.246 e. The van der Waals surface area contributed by atoms with Gasteiger partial charge in [-0.25, -0.2) is 4.98 Å². The van der Waals surface area contributed by atoms with Gasteiger partial charge in [-0.15, -0.1) is 32.9 Å². The third kappa shape index (κ3) is 13.6. The number of carbonyl (C=O) groups excluding carboxylic acids is 4. The predicted octanol–water partition coefficient (Wildman–Crippen LogP) is 8.26. The van der Waals surface area contributed by atoms with Gasteiger partial charge in [0.15, 0.2) is 5.82 Å². The van der Waals surface area contributed by atoms with Crippen molar-refractivity contribution in [2.75, 3.05) is 44.9 Å². The summed E-state index contributed by atoms with van der Waals surface area (Å²) in [6.45, 7) is 15.1. The maximum Gasteiger partial charge on any atom is 0.246 e. The predicted molar refractivity (Wildman–Crippen MR) is 291 cm³/mol. The zero-order chi connectivity index (χ0) is 53.4. The molecule has 0 spiro atoms. The quantitative estimate of drug-likeness (QED) is 0.0504. The molecular formula is C55H64ClN9O8S2. The van der Waals surface area contributed by atoms with E-state index in [0.29, 0.717) is 54.9 Å². The van der Waals surface area contributed by atoms with Crippen LogP contribution in [0, 0.1) is 33.1 Å². The van der Waals surface area contributed by atoms with Gasteiger partial charge in [0.05, 0.1) is 40.9 Å². The summed E-state index contributed by atoms with van der Waals surface area (Å²) in [5.41, 5.74) is 8.43. The van der Waals surface area contributed by atoms with Crippen molar-refractivity contribution < 1.29 is 38.5 Å². The topological polar surface area (TPSA) is 211 Å². The maximum atomic E-state index is 14.0. The Morgan fingerprint density at radius 2 is 1.56 bits per heavy atom. The Hall–Kier alpha value is -6.35. The summed E-state index contributed by atoms with van der Waals surface area (Å²) >= 11 is 9.48. The normalized spacial score (nSPS) is 16.6. The standard InChI is InChI=1S/C55H64ClN9O8S2/c1-32-34(3)75-54-47(32)48(37-14-16-39(56)17-15-37)60-43(51-63-62-35(4)65(51)54)27-45(67)59-40-18-20-42(21-19-40)73-25-9-23-71-22-8-24-72-30-46(68)61-50(55(5,6)7)53(70)64-29-41(66)26-44(64)52(69)57-28-36-10-12-38(13-11-36)49-33(2)58-31-74-49/h10-21,31,41,43-44,50,66H,8-9,22-30H2,1-7H3,(H,57,69)(H,59,67)(H,61,68)/t41-,43-,44-,50?/m0/s1. The molecule has 75 heavy (non-hydrogen) atoms. The number of benzene rings is 3. The van der Waals surface area contributed by atoms with Crippen LogP contribution in [0.15, 0.2) is 83.3 Å². The lowest BCUT2D eigenvalue weighted by Crippen LogP contribution is -2.58. The van der Waals surface area contributed by atoms with Gasteiger partial charge in [-0.05, 0) is 92.6 Å². The summed E-state index contributed by atoms with van der Waals surface area (Å²) in [7, 11) is 0. The van der Waals surface area contributed by atoms with E-state index < -0.39 is 41.5 Å². The van der Waals surface area contributed by atoms with Crippen molar-refractivity contribution in [1.82, 2.24) is 35.3 Å². The number of aromatic nitrogens is 4. The molecule has 0 saturated carbocycles. The number of hydrogen-bond donors (Lipinski definition) is 4. The molecule has 0 radical (unpaired) electrons. The highest BCUT2D eigenvalue weighted by molar-refractivity contribution is 7.15. The molecular weight excluding hydrogens is 1010 g/mol. The van der Waals surface area contributed by atoms with Crippen LogP contribution in [0.5, 0.6) is 5.75 Å². The number of likely N-dealkylation sites (tertiary alicyclic amines) is 1.